The first-order chi connectivity index (χ1) is 7.72. The predicted molar refractivity (Wildman–Crippen MR) is 65.4 cm³/mol. The molecule has 0 radical (unpaired) electrons. The average Bonchev–Trinajstić information content (AvgIpc) is 2.29. The van der Waals surface area contributed by atoms with Gasteiger partial charge >= 0.3 is 0 Å². The zero-order chi connectivity index (χ0) is 11.8. The molecule has 3 N–H and O–H groups in total. The lowest BCUT2D eigenvalue weighted by molar-refractivity contribution is -0.456. The summed E-state index contributed by atoms with van der Waals surface area (Å²) in [5.74, 6) is 2.64. The summed E-state index contributed by atoms with van der Waals surface area (Å²) in [7, 11) is 0. The minimum Gasteiger partial charge on any atom is -0.373 e. The summed E-state index contributed by atoms with van der Waals surface area (Å²) in [5, 5.41) is 6.86. The molecule has 0 aliphatic rings. The zero-order valence-electron chi connectivity index (χ0n) is 8.48. The van der Waals surface area contributed by atoms with Gasteiger partial charge in [0.1, 0.15) is 5.82 Å². The summed E-state index contributed by atoms with van der Waals surface area (Å²) < 4.78 is 12.6. The van der Waals surface area contributed by atoms with Gasteiger partial charge in [-0.25, -0.2) is 4.39 Å². The van der Waals surface area contributed by atoms with E-state index in [1.165, 1.54) is 23.9 Å². The van der Waals surface area contributed by atoms with Crippen LogP contribution in [0, 0.1) is 18.2 Å². The Hall–Kier alpha value is -1.80. The fourth-order valence-electron chi connectivity index (χ4n) is 0.877. The summed E-state index contributed by atoms with van der Waals surface area (Å²) in [6.07, 6.45) is 6.68. The first-order valence-electron chi connectivity index (χ1n) is 4.46. The van der Waals surface area contributed by atoms with E-state index < -0.39 is 0 Å². The lowest BCUT2D eigenvalue weighted by Gasteiger charge is -1.88. The molecule has 0 aliphatic heterocycles. The van der Waals surface area contributed by atoms with Crippen LogP contribution in [0.1, 0.15) is 5.56 Å². The van der Waals surface area contributed by atoms with Gasteiger partial charge in [0.15, 0.2) is 0 Å². The highest BCUT2D eigenvalue weighted by atomic mass is 32.2. The summed E-state index contributed by atoms with van der Waals surface area (Å²) in [6, 6.07) is 5.99. The Morgan fingerprint density at radius 1 is 1.56 bits per heavy atom. The molecule has 0 heterocycles. The molecule has 0 unspecified atom stereocenters. The van der Waals surface area contributed by atoms with Crippen LogP contribution in [0.3, 0.4) is 0 Å². The summed E-state index contributed by atoms with van der Waals surface area (Å²) in [5.41, 5.74) is 6.33. The maximum atomic E-state index is 12.6. The van der Waals surface area contributed by atoms with Crippen LogP contribution in [-0.4, -0.2) is 17.1 Å². The van der Waals surface area contributed by atoms with E-state index in [0.29, 0.717) is 10.9 Å². The molecule has 0 atom stereocenters. The number of nitrogens with one attached hydrogen (secondary N) is 1. The number of nitrogens with two attached hydrogens (primary N) is 1. The lowest BCUT2D eigenvalue weighted by Crippen LogP contribution is -2.62. The minimum atomic E-state index is -0.273. The van der Waals surface area contributed by atoms with Crippen LogP contribution in [-0.2, 0) is 0 Å². The molecular formula is C11H11FN3S+. The topological polar surface area (TPSA) is 52.3 Å². The van der Waals surface area contributed by atoms with Crippen molar-refractivity contribution >= 4 is 23.1 Å². The number of terminal acetylenes is 1. The van der Waals surface area contributed by atoms with Gasteiger partial charge in [-0.15, -0.1) is 11.5 Å². The van der Waals surface area contributed by atoms with Gasteiger partial charge in [0.05, 0.1) is 5.75 Å². The van der Waals surface area contributed by atoms with Gasteiger partial charge in [-0.05, 0) is 24.3 Å². The molecule has 3 nitrogen and oxygen atoms in total. The largest absolute Gasteiger partial charge is 0.373 e. The van der Waals surface area contributed by atoms with Gasteiger partial charge in [0.25, 0.3) is 0 Å². The quantitative estimate of drug-likeness (QED) is 0.334. The molecule has 1 aromatic rings. The van der Waals surface area contributed by atoms with Crippen molar-refractivity contribution in [2.24, 2.45) is 10.8 Å². The van der Waals surface area contributed by atoms with E-state index >= 15 is 0 Å². The third-order valence-electron chi connectivity index (χ3n) is 1.58. The second kappa shape index (κ2) is 6.64. The molecule has 82 valence electrons. The van der Waals surface area contributed by atoms with E-state index in [9.17, 15) is 4.39 Å². The third-order valence-corrected chi connectivity index (χ3v) is 2.28. The van der Waals surface area contributed by atoms with Gasteiger partial charge in [0, 0.05) is 10.7 Å². The van der Waals surface area contributed by atoms with E-state index in [-0.39, 0.29) is 5.82 Å². The van der Waals surface area contributed by atoms with Crippen LogP contribution in [0.5, 0.6) is 0 Å². The highest BCUT2D eigenvalue weighted by Crippen LogP contribution is 1.98. The molecule has 1 aromatic carbocycles. The number of benzene rings is 1. The molecular weight excluding hydrogens is 225 g/mol. The summed E-state index contributed by atoms with van der Waals surface area (Å²) in [6.45, 7) is 0. The van der Waals surface area contributed by atoms with Gasteiger partial charge in [-0.2, -0.15) is 0 Å². The van der Waals surface area contributed by atoms with E-state index in [0.717, 1.165) is 5.56 Å². The van der Waals surface area contributed by atoms with Crippen molar-refractivity contribution in [2.75, 3.05) is 5.75 Å². The number of amidine groups is 1. The van der Waals surface area contributed by atoms with E-state index in [1.807, 2.05) is 0 Å². The standard InChI is InChI=1S/C11H10FN3S/c1-2-7-16-11(13)15-14-8-9-3-5-10(12)6-4-9/h1,3-6,8H,7H2,(H2,13,15)/p+1. The fraction of sp³-hybridized carbons (Fsp3) is 0.0909. The number of hydrogen-bond acceptors (Lipinski definition) is 2. The van der Waals surface area contributed by atoms with Crippen molar-refractivity contribution in [2.45, 2.75) is 0 Å². The highest BCUT2D eigenvalue weighted by molar-refractivity contribution is 8.13. The maximum absolute atomic E-state index is 12.6. The Balaban J connectivity index is 2.54. The molecule has 1 rings (SSSR count). The normalized spacial score (nSPS) is 11.6. The van der Waals surface area contributed by atoms with Crippen LogP contribution in [0.2, 0.25) is 0 Å². The molecule has 0 aliphatic carbocycles. The SMILES string of the molecule is C#CCSC(N)=N[NH+]=Cc1ccc(F)cc1. The zero-order valence-corrected chi connectivity index (χ0v) is 9.30. The monoisotopic (exact) mass is 236 g/mol. The van der Waals surface area contributed by atoms with Crippen molar-refractivity contribution in [3.05, 3.63) is 35.6 Å². The van der Waals surface area contributed by atoms with Crippen molar-refractivity contribution in [1.82, 2.24) is 0 Å². The molecule has 0 aromatic heterocycles. The van der Waals surface area contributed by atoms with Gasteiger partial charge < -0.3 is 5.73 Å². The second-order valence-corrected chi connectivity index (χ2v) is 3.76. The molecule has 16 heavy (non-hydrogen) atoms. The Morgan fingerprint density at radius 3 is 2.88 bits per heavy atom. The second-order valence-electron chi connectivity index (χ2n) is 2.77. The minimum absolute atomic E-state index is 0.273. The smallest absolute Gasteiger partial charge is 0.226 e. The fourth-order valence-corrected chi connectivity index (χ4v) is 1.23. The number of nitrogens with zero attached hydrogens (tertiary/aromatic N) is 1. The Labute approximate surface area is 97.6 Å². The summed E-state index contributed by atoms with van der Waals surface area (Å²) >= 11 is 1.26. The number of rotatable bonds is 3. The number of hydrazone groups is 1. The predicted octanol–water partition coefficient (Wildman–Crippen LogP) is -0.0787. The maximum Gasteiger partial charge on any atom is 0.226 e. The summed E-state index contributed by atoms with van der Waals surface area (Å²) in [4.78, 5) is 0. The number of hydrogen-bond donors (Lipinski definition) is 2. The highest BCUT2D eigenvalue weighted by Gasteiger charge is 1.94. The van der Waals surface area contributed by atoms with Crippen LogP contribution in [0.4, 0.5) is 4.39 Å². The first-order valence-corrected chi connectivity index (χ1v) is 5.44. The van der Waals surface area contributed by atoms with Crippen molar-refractivity contribution in [1.29, 1.82) is 0 Å². The molecule has 5 heteroatoms. The first kappa shape index (κ1) is 12.3. The molecule has 0 fully saturated rings. The Kier molecular flexibility index (Phi) is 5.09. The van der Waals surface area contributed by atoms with Crippen molar-refractivity contribution in [3.63, 3.8) is 0 Å². The van der Waals surface area contributed by atoms with E-state index in [2.05, 4.69) is 16.1 Å². The molecule has 0 saturated carbocycles. The van der Waals surface area contributed by atoms with Gasteiger partial charge in [-0.1, -0.05) is 17.7 Å². The van der Waals surface area contributed by atoms with Gasteiger partial charge in [0.2, 0.25) is 11.4 Å². The van der Waals surface area contributed by atoms with E-state index in [4.69, 9.17) is 12.2 Å². The van der Waals surface area contributed by atoms with Crippen molar-refractivity contribution < 1.29 is 9.49 Å². The Morgan fingerprint density at radius 2 is 2.25 bits per heavy atom. The van der Waals surface area contributed by atoms with Crippen LogP contribution in [0.15, 0.2) is 29.4 Å². The third kappa shape index (κ3) is 4.62. The van der Waals surface area contributed by atoms with Gasteiger partial charge in [-0.3, -0.25) is 0 Å². The Bertz CT molecular complexity index is 432. The molecule has 0 amide bonds. The van der Waals surface area contributed by atoms with Crippen LogP contribution in [0.25, 0.3) is 0 Å². The average molecular weight is 236 g/mol. The van der Waals surface area contributed by atoms with Crippen LogP contribution < -0.4 is 10.8 Å². The molecule has 0 saturated heterocycles. The number of thioether (sulfide) groups is 1. The lowest BCUT2D eigenvalue weighted by atomic mass is 10.2. The van der Waals surface area contributed by atoms with E-state index in [1.54, 1.807) is 18.3 Å². The number of halogens is 1. The molecule has 0 bridgehead atoms. The molecule has 0 spiro atoms. The van der Waals surface area contributed by atoms with Crippen LogP contribution >= 0.6 is 11.8 Å². The van der Waals surface area contributed by atoms with Crippen molar-refractivity contribution in [3.8, 4) is 12.3 Å².